The summed E-state index contributed by atoms with van der Waals surface area (Å²) in [6.07, 6.45) is 7.43. The zero-order valence-corrected chi connectivity index (χ0v) is 9.84. The maximum Gasteiger partial charge on any atom is -0.0363 e. The van der Waals surface area contributed by atoms with E-state index in [0.29, 0.717) is 0 Å². The van der Waals surface area contributed by atoms with Crippen molar-refractivity contribution in [2.75, 3.05) is 0 Å². The Balaban J connectivity index is 2.46. The smallest absolute Gasteiger partial charge is 0.0363 e. The highest BCUT2D eigenvalue weighted by Gasteiger charge is 2.27. The molecule has 0 aromatic carbocycles. The Hall–Kier alpha value is 0. The van der Waals surface area contributed by atoms with Gasteiger partial charge in [-0.2, -0.15) is 0 Å². The lowest BCUT2D eigenvalue weighted by Gasteiger charge is -2.35. The Morgan fingerprint density at radius 1 is 1.00 bits per heavy atom. The summed E-state index contributed by atoms with van der Waals surface area (Å²) in [5, 5.41) is 0. The second kappa shape index (κ2) is 5.02. The minimum absolute atomic E-state index is 0.893. The third-order valence-electron chi connectivity index (χ3n) is 3.60. The molecule has 0 spiro atoms. The SMILES string of the molecule is CC(C)C[C@H]1CCCC[C@H]1C(C)C. The maximum atomic E-state index is 2.41. The van der Waals surface area contributed by atoms with Crippen LogP contribution in [0.25, 0.3) is 0 Å². The molecule has 1 saturated carbocycles. The van der Waals surface area contributed by atoms with Gasteiger partial charge in [-0.3, -0.25) is 0 Å². The van der Waals surface area contributed by atoms with Gasteiger partial charge in [-0.05, 0) is 36.5 Å². The molecule has 0 bridgehead atoms. The molecule has 1 rings (SSSR count). The van der Waals surface area contributed by atoms with Crippen molar-refractivity contribution in [1.82, 2.24) is 0 Å². The van der Waals surface area contributed by atoms with E-state index in [1.165, 1.54) is 32.1 Å². The fraction of sp³-hybridized carbons (Fsp3) is 1.00. The molecule has 0 unspecified atom stereocenters. The van der Waals surface area contributed by atoms with Gasteiger partial charge in [-0.1, -0.05) is 47.0 Å². The molecule has 0 N–H and O–H groups in total. The zero-order valence-electron chi connectivity index (χ0n) is 9.84. The minimum Gasteiger partial charge on any atom is -0.0628 e. The van der Waals surface area contributed by atoms with E-state index in [1.807, 2.05) is 0 Å². The van der Waals surface area contributed by atoms with Gasteiger partial charge in [0, 0.05) is 0 Å². The first-order chi connectivity index (χ1) is 6.11. The summed E-state index contributed by atoms with van der Waals surface area (Å²) in [5.74, 6) is 3.86. The first-order valence-electron chi connectivity index (χ1n) is 6.11. The van der Waals surface area contributed by atoms with E-state index >= 15 is 0 Å². The maximum absolute atomic E-state index is 2.41. The Bertz CT molecular complexity index is 135. The van der Waals surface area contributed by atoms with Crippen molar-refractivity contribution < 1.29 is 0 Å². The van der Waals surface area contributed by atoms with Crippen molar-refractivity contribution in [1.29, 1.82) is 0 Å². The predicted molar refractivity (Wildman–Crippen MR) is 59.7 cm³/mol. The monoisotopic (exact) mass is 182 g/mol. The second-order valence-corrected chi connectivity index (χ2v) is 5.58. The predicted octanol–water partition coefficient (Wildman–Crippen LogP) is 4.49. The molecule has 0 heterocycles. The van der Waals surface area contributed by atoms with Crippen molar-refractivity contribution in [2.45, 2.75) is 59.8 Å². The Labute approximate surface area is 84.1 Å². The topological polar surface area (TPSA) is 0 Å². The molecule has 0 nitrogen and oxygen atoms in total. The molecule has 0 radical (unpaired) electrons. The number of rotatable bonds is 3. The normalized spacial score (nSPS) is 30.0. The van der Waals surface area contributed by atoms with Crippen LogP contribution >= 0.6 is 0 Å². The third-order valence-corrected chi connectivity index (χ3v) is 3.60. The van der Waals surface area contributed by atoms with Crippen molar-refractivity contribution in [3.8, 4) is 0 Å². The largest absolute Gasteiger partial charge is 0.0628 e. The molecule has 13 heavy (non-hydrogen) atoms. The van der Waals surface area contributed by atoms with Crippen LogP contribution in [0.5, 0.6) is 0 Å². The molecule has 2 atom stereocenters. The summed E-state index contributed by atoms with van der Waals surface area (Å²) >= 11 is 0. The fourth-order valence-electron chi connectivity index (χ4n) is 3.01. The van der Waals surface area contributed by atoms with E-state index in [2.05, 4.69) is 27.7 Å². The van der Waals surface area contributed by atoms with Gasteiger partial charge >= 0.3 is 0 Å². The van der Waals surface area contributed by atoms with E-state index in [4.69, 9.17) is 0 Å². The summed E-state index contributed by atoms with van der Waals surface area (Å²) in [5.41, 5.74) is 0. The van der Waals surface area contributed by atoms with E-state index in [1.54, 1.807) is 0 Å². The highest BCUT2D eigenvalue weighted by Crippen LogP contribution is 2.38. The standard InChI is InChI=1S/C13H26/c1-10(2)9-12-7-5-6-8-13(12)11(3)4/h10-13H,5-9H2,1-4H3/t12-,13+/m1/s1. The molecule has 0 aromatic rings. The molecule has 1 aliphatic carbocycles. The van der Waals surface area contributed by atoms with Crippen LogP contribution in [0.2, 0.25) is 0 Å². The van der Waals surface area contributed by atoms with Crippen LogP contribution in [0.15, 0.2) is 0 Å². The van der Waals surface area contributed by atoms with Crippen molar-refractivity contribution in [3.05, 3.63) is 0 Å². The minimum atomic E-state index is 0.893. The van der Waals surface area contributed by atoms with Gasteiger partial charge in [0.05, 0.1) is 0 Å². The van der Waals surface area contributed by atoms with Gasteiger partial charge < -0.3 is 0 Å². The fourth-order valence-corrected chi connectivity index (χ4v) is 3.01. The summed E-state index contributed by atoms with van der Waals surface area (Å²) in [4.78, 5) is 0. The van der Waals surface area contributed by atoms with Crippen LogP contribution in [0, 0.1) is 23.7 Å². The molecule has 0 aliphatic heterocycles. The van der Waals surface area contributed by atoms with Gasteiger partial charge in [0.1, 0.15) is 0 Å². The van der Waals surface area contributed by atoms with Gasteiger partial charge in [-0.25, -0.2) is 0 Å². The molecule has 0 heteroatoms. The van der Waals surface area contributed by atoms with Crippen molar-refractivity contribution in [3.63, 3.8) is 0 Å². The van der Waals surface area contributed by atoms with Crippen LogP contribution in [-0.4, -0.2) is 0 Å². The summed E-state index contributed by atoms with van der Waals surface area (Å²) in [6.45, 7) is 9.55. The van der Waals surface area contributed by atoms with E-state index in [9.17, 15) is 0 Å². The van der Waals surface area contributed by atoms with Crippen LogP contribution < -0.4 is 0 Å². The van der Waals surface area contributed by atoms with Crippen LogP contribution in [-0.2, 0) is 0 Å². The lowest BCUT2D eigenvalue weighted by atomic mass is 9.71. The molecule has 1 fully saturated rings. The van der Waals surface area contributed by atoms with Crippen LogP contribution in [0.3, 0.4) is 0 Å². The van der Waals surface area contributed by atoms with Crippen LogP contribution in [0.1, 0.15) is 59.8 Å². The highest BCUT2D eigenvalue weighted by atomic mass is 14.3. The number of hydrogen-bond acceptors (Lipinski definition) is 0. The Morgan fingerprint density at radius 2 is 1.62 bits per heavy atom. The third kappa shape index (κ3) is 3.32. The average molecular weight is 182 g/mol. The van der Waals surface area contributed by atoms with Gasteiger partial charge in [0.25, 0.3) is 0 Å². The molecule has 1 aliphatic rings. The summed E-state index contributed by atoms with van der Waals surface area (Å²) in [6, 6.07) is 0. The van der Waals surface area contributed by atoms with E-state index in [-0.39, 0.29) is 0 Å². The van der Waals surface area contributed by atoms with E-state index in [0.717, 1.165) is 23.7 Å². The molecule has 0 amide bonds. The lowest BCUT2D eigenvalue weighted by molar-refractivity contribution is 0.156. The average Bonchev–Trinajstić information content (AvgIpc) is 2.03. The van der Waals surface area contributed by atoms with E-state index < -0.39 is 0 Å². The highest BCUT2D eigenvalue weighted by molar-refractivity contribution is 4.78. The van der Waals surface area contributed by atoms with Crippen LogP contribution in [0.4, 0.5) is 0 Å². The Morgan fingerprint density at radius 3 is 2.15 bits per heavy atom. The summed E-state index contributed by atoms with van der Waals surface area (Å²) < 4.78 is 0. The molecular formula is C13H26. The second-order valence-electron chi connectivity index (χ2n) is 5.58. The van der Waals surface area contributed by atoms with Gasteiger partial charge in [0.15, 0.2) is 0 Å². The molecular weight excluding hydrogens is 156 g/mol. The molecule has 0 saturated heterocycles. The first kappa shape index (κ1) is 11.1. The molecule has 78 valence electrons. The summed E-state index contributed by atoms with van der Waals surface area (Å²) in [7, 11) is 0. The van der Waals surface area contributed by atoms with Crippen molar-refractivity contribution >= 4 is 0 Å². The lowest BCUT2D eigenvalue weighted by Crippen LogP contribution is -2.25. The van der Waals surface area contributed by atoms with Gasteiger partial charge in [-0.15, -0.1) is 0 Å². The quantitative estimate of drug-likeness (QED) is 0.603. The zero-order chi connectivity index (χ0) is 9.84. The van der Waals surface area contributed by atoms with Gasteiger partial charge in [0.2, 0.25) is 0 Å². The first-order valence-corrected chi connectivity index (χ1v) is 6.11. The van der Waals surface area contributed by atoms with Crippen molar-refractivity contribution in [2.24, 2.45) is 23.7 Å². The number of hydrogen-bond donors (Lipinski definition) is 0. The Kier molecular flexibility index (Phi) is 4.28. The molecule has 0 aromatic heterocycles.